The van der Waals surface area contributed by atoms with Gasteiger partial charge in [0, 0.05) is 30.8 Å². The summed E-state index contributed by atoms with van der Waals surface area (Å²) in [7, 11) is 0. The van der Waals surface area contributed by atoms with Crippen molar-refractivity contribution < 1.29 is 5.73 Å². The first-order valence-electron chi connectivity index (χ1n) is 4.70. The van der Waals surface area contributed by atoms with Crippen LogP contribution in [0.1, 0.15) is 18.4 Å². The molecule has 2 nitrogen and oxygen atoms in total. The molecule has 0 amide bonds. The van der Waals surface area contributed by atoms with Gasteiger partial charge in [-0.25, -0.2) is 0 Å². The second-order valence-electron chi connectivity index (χ2n) is 3.50. The zero-order valence-corrected chi connectivity index (χ0v) is 8.45. The van der Waals surface area contributed by atoms with Gasteiger partial charge < -0.3 is 5.73 Å². The maximum absolute atomic E-state index is 4.25. The lowest BCUT2D eigenvalue weighted by molar-refractivity contribution is -0.486. The molecule has 0 atom stereocenters. The van der Waals surface area contributed by atoms with E-state index in [1.54, 1.807) is 12.4 Å². The minimum atomic E-state index is -0.132. The molecule has 0 saturated heterocycles. The van der Waals surface area contributed by atoms with Crippen molar-refractivity contribution >= 4 is 0 Å². The van der Waals surface area contributed by atoms with Crippen molar-refractivity contribution in [3.8, 4) is 0 Å². The first kappa shape index (κ1) is 10.7. The molecule has 0 aliphatic rings. The number of hydrogen-bond donors (Lipinski definition) is 1. The van der Waals surface area contributed by atoms with E-state index in [1.165, 1.54) is 5.56 Å². The zero-order chi connectivity index (χ0) is 10.4. The standard InChI is InChI=1S/C12H16N2/c1-3-7-12(13,8-4-2)11-5-9-14-10-6-11/h3-6,9-10H,1-2,7-8,13H2/p+1. The molecule has 0 fully saturated rings. The van der Waals surface area contributed by atoms with Crippen molar-refractivity contribution in [2.24, 2.45) is 0 Å². The van der Waals surface area contributed by atoms with E-state index in [-0.39, 0.29) is 5.54 Å². The Labute approximate surface area is 85.2 Å². The fraction of sp³-hybridized carbons (Fsp3) is 0.250. The van der Waals surface area contributed by atoms with Gasteiger partial charge in [-0.3, -0.25) is 4.98 Å². The van der Waals surface area contributed by atoms with Crippen LogP contribution < -0.4 is 5.73 Å². The molecule has 0 aliphatic carbocycles. The number of pyridine rings is 1. The van der Waals surface area contributed by atoms with Gasteiger partial charge in [0.1, 0.15) is 5.54 Å². The maximum Gasteiger partial charge on any atom is 0.127 e. The highest BCUT2D eigenvalue weighted by Crippen LogP contribution is 2.23. The van der Waals surface area contributed by atoms with Crippen LogP contribution in [-0.4, -0.2) is 4.98 Å². The number of nitrogens with zero attached hydrogens (tertiary/aromatic N) is 1. The fourth-order valence-corrected chi connectivity index (χ4v) is 1.58. The third-order valence-electron chi connectivity index (χ3n) is 2.36. The molecule has 74 valence electrons. The SMILES string of the molecule is C=CCC([NH3+])(CC=C)c1ccncc1. The van der Waals surface area contributed by atoms with Crippen LogP contribution in [0.5, 0.6) is 0 Å². The van der Waals surface area contributed by atoms with E-state index in [0.29, 0.717) is 0 Å². The lowest BCUT2D eigenvalue weighted by atomic mass is 9.85. The molecule has 14 heavy (non-hydrogen) atoms. The summed E-state index contributed by atoms with van der Waals surface area (Å²) in [6.07, 6.45) is 9.09. The predicted molar refractivity (Wildman–Crippen MR) is 58.4 cm³/mol. The van der Waals surface area contributed by atoms with Crippen LogP contribution in [0.15, 0.2) is 49.8 Å². The highest BCUT2D eigenvalue weighted by molar-refractivity contribution is 5.20. The van der Waals surface area contributed by atoms with Crippen LogP contribution in [0.25, 0.3) is 0 Å². The molecule has 0 aliphatic heterocycles. The Kier molecular flexibility index (Phi) is 3.60. The molecule has 1 rings (SSSR count). The summed E-state index contributed by atoms with van der Waals surface area (Å²) in [5, 5.41) is 0. The van der Waals surface area contributed by atoms with Crippen molar-refractivity contribution in [3.63, 3.8) is 0 Å². The third kappa shape index (κ3) is 2.30. The zero-order valence-electron chi connectivity index (χ0n) is 8.45. The molecule has 1 aromatic heterocycles. The minimum absolute atomic E-state index is 0.132. The molecule has 0 bridgehead atoms. The first-order valence-corrected chi connectivity index (χ1v) is 4.70. The predicted octanol–water partition coefficient (Wildman–Crippen LogP) is 1.67. The van der Waals surface area contributed by atoms with Crippen molar-refractivity contribution in [2.45, 2.75) is 18.4 Å². The van der Waals surface area contributed by atoms with Gasteiger partial charge in [-0.05, 0) is 12.1 Å². The highest BCUT2D eigenvalue weighted by atomic mass is 14.7. The van der Waals surface area contributed by atoms with E-state index in [9.17, 15) is 0 Å². The van der Waals surface area contributed by atoms with Crippen LogP contribution in [-0.2, 0) is 5.54 Å². The Balaban J connectivity index is 2.98. The average molecular weight is 189 g/mol. The van der Waals surface area contributed by atoms with E-state index >= 15 is 0 Å². The van der Waals surface area contributed by atoms with Gasteiger partial charge in [0.05, 0.1) is 0 Å². The monoisotopic (exact) mass is 189 g/mol. The van der Waals surface area contributed by atoms with Gasteiger partial charge in [-0.1, -0.05) is 12.2 Å². The summed E-state index contributed by atoms with van der Waals surface area (Å²) in [4.78, 5) is 4.00. The second-order valence-corrected chi connectivity index (χ2v) is 3.50. The molecule has 0 radical (unpaired) electrons. The van der Waals surface area contributed by atoms with Gasteiger partial charge >= 0.3 is 0 Å². The van der Waals surface area contributed by atoms with Crippen molar-refractivity contribution in [1.29, 1.82) is 0 Å². The van der Waals surface area contributed by atoms with E-state index < -0.39 is 0 Å². The lowest BCUT2D eigenvalue weighted by Crippen LogP contribution is -2.69. The topological polar surface area (TPSA) is 40.5 Å². The Hall–Kier alpha value is -1.41. The maximum atomic E-state index is 4.25. The molecule has 1 aromatic rings. The number of quaternary nitrogens is 1. The molecule has 2 heteroatoms. The fourth-order valence-electron chi connectivity index (χ4n) is 1.58. The second kappa shape index (κ2) is 4.72. The normalized spacial score (nSPS) is 10.9. The van der Waals surface area contributed by atoms with Gasteiger partial charge in [0.2, 0.25) is 0 Å². The Morgan fingerprint density at radius 1 is 1.21 bits per heavy atom. The quantitative estimate of drug-likeness (QED) is 0.703. The van der Waals surface area contributed by atoms with Crippen molar-refractivity contribution in [1.82, 2.24) is 4.98 Å². The Morgan fingerprint density at radius 3 is 2.14 bits per heavy atom. The molecule has 3 N–H and O–H groups in total. The van der Waals surface area contributed by atoms with E-state index in [0.717, 1.165) is 12.8 Å². The Morgan fingerprint density at radius 2 is 1.71 bits per heavy atom. The molecule has 0 spiro atoms. The van der Waals surface area contributed by atoms with Gasteiger partial charge in [-0.2, -0.15) is 0 Å². The minimum Gasteiger partial charge on any atom is -0.348 e. The van der Waals surface area contributed by atoms with Crippen LogP contribution >= 0.6 is 0 Å². The molecular weight excluding hydrogens is 172 g/mol. The summed E-state index contributed by atoms with van der Waals surface area (Å²) in [6, 6.07) is 4.00. The molecule has 0 saturated carbocycles. The van der Waals surface area contributed by atoms with Gasteiger partial charge in [0.15, 0.2) is 0 Å². The number of rotatable bonds is 5. The molecule has 0 unspecified atom stereocenters. The van der Waals surface area contributed by atoms with Crippen molar-refractivity contribution in [2.75, 3.05) is 0 Å². The summed E-state index contributed by atoms with van der Waals surface area (Å²) >= 11 is 0. The third-order valence-corrected chi connectivity index (χ3v) is 2.36. The Bertz CT molecular complexity index is 293. The van der Waals surface area contributed by atoms with Gasteiger partial charge in [-0.15, -0.1) is 13.2 Å². The van der Waals surface area contributed by atoms with Crippen LogP contribution in [0.4, 0.5) is 0 Å². The van der Waals surface area contributed by atoms with Crippen LogP contribution in [0.3, 0.4) is 0 Å². The summed E-state index contributed by atoms with van der Waals surface area (Å²) in [6.45, 7) is 7.53. The smallest absolute Gasteiger partial charge is 0.127 e. The van der Waals surface area contributed by atoms with Crippen LogP contribution in [0.2, 0.25) is 0 Å². The summed E-state index contributed by atoms with van der Waals surface area (Å²) in [5.41, 5.74) is 5.30. The van der Waals surface area contributed by atoms with Crippen LogP contribution in [0, 0.1) is 0 Å². The van der Waals surface area contributed by atoms with E-state index in [2.05, 4.69) is 23.9 Å². The number of aromatic nitrogens is 1. The van der Waals surface area contributed by atoms with E-state index in [4.69, 9.17) is 0 Å². The largest absolute Gasteiger partial charge is 0.348 e. The number of hydrogen-bond acceptors (Lipinski definition) is 1. The van der Waals surface area contributed by atoms with Gasteiger partial charge in [0.25, 0.3) is 0 Å². The molecule has 1 heterocycles. The molecular formula is C12H17N2+. The summed E-state index contributed by atoms with van der Waals surface area (Å²) < 4.78 is 0. The highest BCUT2D eigenvalue weighted by Gasteiger charge is 2.28. The molecule has 0 aromatic carbocycles. The van der Waals surface area contributed by atoms with E-state index in [1.807, 2.05) is 24.3 Å². The first-order chi connectivity index (χ1) is 6.73. The lowest BCUT2D eigenvalue weighted by Gasteiger charge is -2.23. The summed E-state index contributed by atoms with van der Waals surface area (Å²) in [5.74, 6) is 0. The average Bonchev–Trinajstić information content (AvgIpc) is 2.20. The van der Waals surface area contributed by atoms with Crippen molar-refractivity contribution in [3.05, 3.63) is 55.4 Å².